The normalized spacial score (nSPS) is 12.6. The molecule has 2 rings (SSSR count). The molecule has 3 N–H and O–H groups in total. The van der Waals surface area contributed by atoms with Crippen molar-refractivity contribution >= 4 is 11.9 Å². The Balaban J connectivity index is 1.97. The molecule has 0 aliphatic carbocycles. The minimum atomic E-state index is -0.709. The molecule has 1 heterocycles. The summed E-state index contributed by atoms with van der Waals surface area (Å²) in [7, 11) is 1.33. The predicted molar refractivity (Wildman–Crippen MR) is 115 cm³/mol. The van der Waals surface area contributed by atoms with Crippen LogP contribution in [0, 0.1) is 6.92 Å². The van der Waals surface area contributed by atoms with Gasteiger partial charge < -0.3 is 29.6 Å². The largest absolute Gasteiger partial charge is 0.491 e. The van der Waals surface area contributed by atoms with Gasteiger partial charge in [0.1, 0.15) is 29.4 Å². The van der Waals surface area contributed by atoms with Crippen molar-refractivity contribution < 1.29 is 23.8 Å². The van der Waals surface area contributed by atoms with E-state index >= 15 is 0 Å². The highest BCUT2D eigenvalue weighted by Crippen LogP contribution is 2.19. The van der Waals surface area contributed by atoms with E-state index in [0.717, 1.165) is 11.3 Å². The quantitative estimate of drug-likeness (QED) is 0.327. The number of methoxy groups -OCH3 is 1. The molecule has 1 atom stereocenters. The molecule has 30 heavy (non-hydrogen) atoms. The van der Waals surface area contributed by atoms with Crippen molar-refractivity contribution in [3.05, 3.63) is 53.0 Å². The minimum absolute atomic E-state index is 0.1000. The summed E-state index contributed by atoms with van der Waals surface area (Å²) < 4.78 is 15.9. The number of ether oxygens (including phenoxy) is 2. The molecule has 1 unspecified atom stereocenters. The van der Waals surface area contributed by atoms with Gasteiger partial charge in [-0.2, -0.15) is 0 Å². The monoisotopic (exact) mass is 417 g/mol. The SMILES string of the molecule is CCNC(=NCc1cc(C(=O)OC)c(C)o1)NCC(O)c1ccc(OC(C)C)cc1. The molecule has 0 spiro atoms. The number of hydrogen-bond donors (Lipinski definition) is 3. The molecule has 0 fully saturated rings. The summed E-state index contributed by atoms with van der Waals surface area (Å²) >= 11 is 0. The Kier molecular flexibility index (Phi) is 8.73. The first kappa shape index (κ1) is 23.3. The maximum absolute atomic E-state index is 11.7. The van der Waals surface area contributed by atoms with Crippen molar-refractivity contribution in [2.45, 2.75) is 46.4 Å². The Morgan fingerprint density at radius 3 is 2.53 bits per heavy atom. The van der Waals surface area contributed by atoms with Crippen LogP contribution in [0.5, 0.6) is 5.75 Å². The molecule has 0 saturated heterocycles. The van der Waals surface area contributed by atoms with Crippen LogP contribution in [0.4, 0.5) is 0 Å². The number of aliphatic hydroxyl groups is 1. The van der Waals surface area contributed by atoms with Crippen LogP contribution >= 0.6 is 0 Å². The van der Waals surface area contributed by atoms with E-state index in [1.54, 1.807) is 13.0 Å². The van der Waals surface area contributed by atoms with E-state index in [-0.39, 0.29) is 19.2 Å². The molecular weight excluding hydrogens is 386 g/mol. The highest BCUT2D eigenvalue weighted by atomic mass is 16.5. The summed E-state index contributed by atoms with van der Waals surface area (Å²) in [5.74, 6) is 1.90. The van der Waals surface area contributed by atoms with E-state index in [9.17, 15) is 9.90 Å². The molecule has 1 aromatic heterocycles. The number of hydrogen-bond acceptors (Lipinski definition) is 6. The first-order valence-corrected chi connectivity index (χ1v) is 9.98. The van der Waals surface area contributed by atoms with Gasteiger partial charge in [-0.15, -0.1) is 0 Å². The maximum Gasteiger partial charge on any atom is 0.341 e. The summed E-state index contributed by atoms with van der Waals surface area (Å²) in [5.41, 5.74) is 1.17. The van der Waals surface area contributed by atoms with Crippen LogP contribution in [0.3, 0.4) is 0 Å². The number of nitrogens with zero attached hydrogens (tertiary/aromatic N) is 1. The number of benzene rings is 1. The Bertz CT molecular complexity index is 843. The zero-order valence-corrected chi connectivity index (χ0v) is 18.2. The Hall–Kier alpha value is -3.00. The van der Waals surface area contributed by atoms with Crippen LogP contribution in [-0.2, 0) is 11.3 Å². The zero-order chi connectivity index (χ0) is 22.1. The van der Waals surface area contributed by atoms with E-state index in [4.69, 9.17) is 13.9 Å². The van der Waals surface area contributed by atoms with Gasteiger partial charge in [0.25, 0.3) is 0 Å². The highest BCUT2D eigenvalue weighted by Gasteiger charge is 2.15. The molecule has 8 heteroatoms. The number of aliphatic hydroxyl groups excluding tert-OH is 1. The summed E-state index contributed by atoms with van der Waals surface area (Å²) in [6.07, 6.45) is -0.610. The van der Waals surface area contributed by atoms with Gasteiger partial charge in [0.15, 0.2) is 5.96 Å². The smallest absolute Gasteiger partial charge is 0.341 e. The lowest BCUT2D eigenvalue weighted by atomic mass is 10.1. The molecule has 0 amide bonds. The van der Waals surface area contributed by atoms with Gasteiger partial charge in [0, 0.05) is 13.1 Å². The highest BCUT2D eigenvalue weighted by molar-refractivity contribution is 5.90. The molecule has 0 radical (unpaired) electrons. The first-order valence-electron chi connectivity index (χ1n) is 9.98. The zero-order valence-electron chi connectivity index (χ0n) is 18.2. The molecule has 1 aromatic carbocycles. The molecular formula is C22H31N3O5. The summed E-state index contributed by atoms with van der Waals surface area (Å²) in [5, 5.41) is 16.7. The third-order valence-electron chi connectivity index (χ3n) is 4.21. The third-order valence-corrected chi connectivity index (χ3v) is 4.21. The molecule has 0 bridgehead atoms. The van der Waals surface area contributed by atoms with Crippen LogP contribution in [0.1, 0.15) is 54.3 Å². The van der Waals surface area contributed by atoms with Crippen LogP contribution < -0.4 is 15.4 Å². The lowest BCUT2D eigenvalue weighted by Gasteiger charge is -2.16. The van der Waals surface area contributed by atoms with E-state index < -0.39 is 12.1 Å². The van der Waals surface area contributed by atoms with Gasteiger partial charge in [0.2, 0.25) is 0 Å². The number of guanidine groups is 1. The van der Waals surface area contributed by atoms with Crippen molar-refractivity contribution in [1.29, 1.82) is 0 Å². The Morgan fingerprint density at radius 1 is 1.23 bits per heavy atom. The summed E-state index contributed by atoms with van der Waals surface area (Å²) in [4.78, 5) is 16.1. The van der Waals surface area contributed by atoms with Crippen molar-refractivity contribution in [3.63, 3.8) is 0 Å². The number of aliphatic imine (C=N–C) groups is 1. The fourth-order valence-electron chi connectivity index (χ4n) is 2.78. The van der Waals surface area contributed by atoms with Gasteiger partial charge in [0.05, 0.1) is 19.3 Å². The topological polar surface area (TPSA) is 105 Å². The molecule has 0 saturated carbocycles. The number of carbonyl (C=O) groups excluding carboxylic acids is 1. The molecule has 2 aromatic rings. The summed E-state index contributed by atoms with van der Waals surface area (Å²) in [6.45, 7) is 8.77. The molecule has 0 aliphatic rings. The Morgan fingerprint density at radius 2 is 1.93 bits per heavy atom. The fourth-order valence-corrected chi connectivity index (χ4v) is 2.78. The number of carbonyl (C=O) groups is 1. The van der Waals surface area contributed by atoms with Crippen molar-refractivity contribution in [2.75, 3.05) is 20.2 Å². The maximum atomic E-state index is 11.7. The second kappa shape index (κ2) is 11.3. The number of aryl methyl sites for hydroxylation is 1. The van der Waals surface area contributed by atoms with E-state index in [0.29, 0.717) is 29.6 Å². The fraction of sp³-hybridized carbons (Fsp3) is 0.455. The lowest BCUT2D eigenvalue weighted by Crippen LogP contribution is -2.39. The standard InChI is InChI=1S/C22H31N3O5/c1-6-23-22(24-12-18-11-19(15(4)30-18)21(27)28-5)25-13-20(26)16-7-9-17(10-8-16)29-14(2)3/h7-11,14,20,26H,6,12-13H2,1-5H3,(H2,23,24,25). The van der Waals surface area contributed by atoms with E-state index in [2.05, 4.69) is 15.6 Å². The van der Waals surface area contributed by atoms with E-state index in [1.807, 2.05) is 45.0 Å². The van der Waals surface area contributed by atoms with Crippen LogP contribution in [0.2, 0.25) is 0 Å². The van der Waals surface area contributed by atoms with Crippen molar-refractivity contribution in [3.8, 4) is 5.75 Å². The number of furan rings is 1. The number of esters is 1. The first-order chi connectivity index (χ1) is 14.3. The van der Waals surface area contributed by atoms with Gasteiger partial charge >= 0.3 is 5.97 Å². The molecule has 8 nitrogen and oxygen atoms in total. The average molecular weight is 418 g/mol. The van der Waals surface area contributed by atoms with Crippen LogP contribution in [0.15, 0.2) is 39.7 Å². The van der Waals surface area contributed by atoms with Gasteiger partial charge in [-0.25, -0.2) is 9.79 Å². The van der Waals surface area contributed by atoms with Crippen LogP contribution in [0.25, 0.3) is 0 Å². The number of nitrogens with one attached hydrogen (secondary N) is 2. The van der Waals surface area contributed by atoms with Crippen LogP contribution in [-0.4, -0.2) is 43.3 Å². The lowest BCUT2D eigenvalue weighted by molar-refractivity contribution is 0.0598. The summed E-state index contributed by atoms with van der Waals surface area (Å²) in [6, 6.07) is 9.00. The number of rotatable bonds is 9. The second-order valence-corrected chi connectivity index (χ2v) is 7.00. The average Bonchev–Trinajstić information content (AvgIpc) is 3.10. The van der Waals surface area contributed by atoms with Gasteiger partial charge in [-0.1, -0.05) is 12.1 Å². The van der Waals surface area contributed by atoms with Gasteiger partial charge in [-0.05, 0) is 51.5 Å². The van der Waals surface area contributed by atoms with E-state index in [1.165, 1.54) is 7.11 Å². The molecule has 164 valence electrons. The van der Waals surface area contributed by atoms with Crippen molar-refractivity contribution in [2.24, 2.45) is 4.99 Å². The predicted octanol–water partition coefficient (Wildman–Crippen LogP) is 2.95. The van der Waals surface area contributed by atoms with Crippen molar-refractivity contribution in [1.82, 2.24) is 10.6 Å². The second-order valence-electron chi connectivity index (χ2n) is 7.00. The minimum Gasteiger partial charge on any atom is -0.491 e. The van der Waals surface area contributed by atoms with Gasteiger partial charge in [-0.3, -0.25) is 0 Å². The third kappa shape index (κ3) is 6.81. The molecule has 0 aliphatic heterocycles. The Labute approximate surface area is 177 Å².